The molecule has 0 unspecified atom stereocenters. The first-order valence-corrected chi connectivity index (χ1v) is 10.0. The number of rotatable bonds is 6. The molecule has 142 valence electrons. The van der Waals surface area contributed by atoms with E-state index < -0.39 is 0 Å². The predicted molar refractivity (Wildman–Crippen MR) is 111 cm³/mol. The molecule has 0 bridgehead atoms. The molecule has 8 heteroatoms. The van der Waals surface area contributed by atoms with Crippen molar-refractivity contribution in [1.82, 2.24) is 19.6 Å². The van der Waals surface area contributed by atoms with Crippen LogP contribution in [-0.2, 0) is 0 Å². The van der Waals surface area contributed by atoms with Gasteiger partial charge in [-0.25, -0.2) is 14.5 Å². The highest BCUT2D eigenvalue weighted by Gasteiger charge is 2.11. The molecule has 2 heterocycles. The summed E-state index contributed by atoms with van der Waals surface area (Å²) in [4.78, 5) is 20.9. The van der Waals surface area contributed by atoms with E-state index in [0.717, 1.165) is 16.9 Å². The lowest BCUT2D eigenvalue weighted by Crippen LogP contribution is -2.06. The van der Waals surface area contributed by atoms with E-state index in [9.17, 15) is 4.79 Å². The van der Waals surface area contributed by atoms with Gasteiger partial charge in [-0.15, -0.1) is 0 Å². The number of benzene rings is 2. The second kappa shape index (κ2) is 8.08. The highest BCUT2D eigenvalue weighted by Crippen LogP contribution is 2.23. The van der Waals surface area contributed by atoms with E-state index in [2.05, 4.69) is 15.1 Å². The van der Waals surface area contributed by atoms with Gasteiger partial charge in [0.15, 0.2) is 16.6 Å². The lowest BCUT2D eigenvalue weighted by Gasteiger charge is -2.09. The van der Waals surface area contributed by atoms with Crippen LogP contribution in [0.2, 0.25) is 5.02 Å². The largest absolute Gasteiger partial charge is 0.493 e. The first-order chi connectivity index (χ1) is 13.6. The minimum absolute atomic E-state index is 0.222. The van der Waals surface area contributed by atoms with Gasteiger partial charge >= 0.3 is 0 Å². The fourth-order valence-corrected chi connectivity index (χ4v) is 3.60. The van der Waals surface area contributed by atoms with Crippen molar-refractivity contribution in [2.75, 3.05) is 12.4 Å². The van der Waals surface area contributed by atoms with E-state index in [1.54, 1.807) is 16.6 Å². The zero-order chi connectivity index (χ0) is 19.5. The quantitative estimate of drug-likeness (QED) is 0.379. The summed E-state index contributed by atoms with van der Waals surface area (Å²) in [6.07, 6.45) is 0. The van der Waals surface area contributed by atoms with Crippen LogP contribution in [0.4, 0.5) is 0 Å². The highest BCUT2D eigenvalue weighted by atomic mass is 35.5. The molecular formula is C20H17ClN4O2S. The normalized spacial score (nSPS) is 11.1. The number of hydrogen-bond acceptors (Lipinski definition) is 5. The molecule has 0 saturated heterocycles. The van der Waals surface area contributed by atoms with Crippen LogP contribution in [0.5, 0.6) is 5.75 Å². The Bertz CT molecular complexity index is 1170. The van der Waals surface area contributed by atoms with E-state index in [4.69, 9.17) is 16.3 Å². The summed E-state index contributed by atoms with van der Waals surface area (Å²) in [6.45, 7) is 2.54. The monoisotopic (exact) mass is 412 g/mol. The average Bonchev–Trinajstić information content (AvgIpc) is 3.06. The number of aromatic nitrogens is 4. The molecule has 0 saturated carbocycles. The van der Waals surface area contributed by atoms with Crippen LogP contribution in [0, 0.1) is 6.92 Å². The maximum atomic E-state index is 11.8. The van der Waals surface area contributed by atoms with Crippen molar-refractivity contribution < 1.29 is 4.74 Å². The predicted octanol–water partition coefficient (Wildman–Crippen LogP) is 4.22. The van der Waals surface area contributed by atoms with Crippen LogP contribution in [0.25, 0.3) is 17.0 Å². The molecule has 0 spiro atoms. The third kappa shape index (κ3) is 4.21. The van der Waals surface area contributed by atoms with Crippen LogP contribution >= 0.6 is 23.4 Å². The van der Waals surface area contributed by atoms with E-state index in [0.29, 0.717) is 34.0 Å². The molecule has 28 heavy (non-hydrogen) atoms. The summed E-state index contributed by atoms with van der Waals surface area (Å²) in [6, 6.07) is 16.7. The smallest absolute Gasteiger partial charge is 0.266 e. The number of hydrogen-bond donors (Lipinski definition) is 1. The zero-order valence-corrected chi connectivity index (χ0v) is 16.6. The maximum Gasteiger partial charge on any atom is 0.266 e. The minimum Gasteiger partial charge on any atom is -0.493 e. The second-order valence-electron chi connectivity index (χ2n) is 6.16. The van der Waals surface area contributed by atoms with Crippen LogP contribution in [0.15, 0.2) is 64.5 Å². The molecule has 4 aromatic rings. The Labute approximate surface area is 170 Å². The number of aromatic amines is 1. The summed E-state index contributed by atoms with van der Waals surface area (Å²) in [5, 5.41) is 4.02. The van der Waals surface area contributed by atoms with Gasteiger partial charge in [0.1, 0.15) is 5.75 Å². The molecule has 0 fully saturated rings. The fourth-order valence-electron chi connectivity index (χ4n) is 2.71. The first kappa shape index (κ1) is 18.6. The fraction of sp³-hybridized carbons (Fsp3) is 0.150. The standard InChI is InChI=1S/C20H17ClN4O2S/c1-13-3-2-4-16(11-13)27-9-10-28-20-23-19(14-5-7-15(21)8-6-14)22-17-12-18(26)24-25(17)20/h2-8,11-12H,9-10H2,1H3,(H,24,26). The van der Waals surface area contributed by atoms with Gasteiger partial charge in [0, 0.05) is 22.4 Å². The van der Waals surface area contributed by atoms with Crippen molar-refractivity contribution in [2.45, 2.75) is 12.1 Å². The first-order valence-electron chi connectivity index (χ1n) is 8.66. The number of nitrogens with zero attached hydrogens (tertiary/aromatic N) is 3. The Balaban J connectivity index is 1.55. The van der Waals surface area contributed by atoms with Gasteiger partial charge in [-0.2, -0.15) is 0 Å². The Morgan fingerprint density at radius 1 is 1.14 bits per heavy atom. The van der Waals surface area contributed by atoms with Crippen LogP contribution in [-0.4, -0.2) is 31.9 Å². The Morgan fingerprint density at radius 3 is 2.75 bits per heavy atom. The summed E-state index contributed by atoms with van der Waals surface area (Å²) in [7, 11) is 0. The molecule has 0 aliphatic carbocycles. The molecule has 0 amide bonds. The number of ether oxygens (including phenoxy) is 1. The van der Waals surface area contributed by atoms with E-state index in [-0.39, 0.29) is 5.56 Å². The molecule has 1 N–H and O–H groups in total. The van der Waals surface area contributed by atoms with Gasteiger partial charge in [-0.05, 0) is 48.9 Å². The molecule has 2 aromatic heterocycles. The van der Waals surface area contributed by atoms with Crippen molar-refractivity contribution in [3.63, 3.8) is 0 Å². The van der Waals surface area contributed by atoms with Gasteiger partial charge in [-0.3, -0.25) is 9.89 Å². The van der Waals surface area contributed by atoms with Crippen molar-refractivity contribution in [1.29, 1.82) is 0 Å². The Morgan fingerprint density at radius 2 is 1.96 bits per heavy atom. The van der Waals surface area contributed by atoms with Crippen molar-refractivity contribution in [3.8, 4) is 17.1 Å². The number of thioether (sulfide) groups is 1. The third-order valence-electron chi connectivity index (χ3n) is 4.00. The van der Waals surface area contributed by atoms with Crippen molar-refractivity contribution >= 4 is 29.0 Å². The summed E-state index contributed by atoms with van der Waals surface area (Å²) < 4.78 is 7.39. The SMILES string of the molecule is Cc1cccc(OCCSc2nc(-c3ccc(Cl)cc3)nc3cc(=O)[nH]n23)c1. The molecule has 0 aliphatic rings. The maximum absolute atomic E-state index is 11.8. The highest BCUT2D eigenvalue weighted by molar-refractivity contribution is 7.99. The van der Waals surface area contributed by atoms with Gasteiger partial charge in [-0.1, -0.05) is 35.5 Å². The number of nitrogens with one attached hydrogen (secondary N) is 1. The lowest BCUT2D eigenvalue weighted by molar-refractivity contribution is 0.343. The number of fused-ring (bicyclic) bond motifs is 1. The summed E-state index contributed by atoms with van der Waals surface area (Å²) in [5.41, 5.74) is 2.28. The molecule has 0 radical (unpaired) electrons. The van der Waals surface area contributed by atoms with E-state index >= 15 is 0 Å². The van der Waals surface area contributed by atoms with Crippen molar-refractivity contribution in [2.24, 2.45) is 0 Å². The molecule has 0 atom stereocenters. The van der Waals surface area contributed by atoms with Gasteiger partial charge < -0.3 is 4.74 Å². The van der Waals surface area contributed by atoms with Gasteiger partial charge in [0.05, 0.1) is 6.61 Å². The topological polar surface area (TPSA) is 72.3 Å². The molecule has 2 aromatic carbocycles. The van der Waals surface area contributed by atoms with E-state index in [1.807, 2.05) is 43.3 Å². The Kier molecular flexibility index (Phi) is 5.36. The number of aryl methyl sites for hydroxylation is 1. The second-order valence-corrected chi connectivity index (χ2v) is 7.66. The van der Waals surface area contributed by atoms with E-state index in [1.165, 1.54) is 17.8 Å². The van der Waals surface area contributed by atoms with Crippen LogP contribution < -0.4 is 10.3 Å². The third-order valence-corrected chi connectivity index (χ3v) is 5.15. The summed E-state index contributed by atoms with van der Waals surface area (Å²) in [5.74, 6) is 2.04. The average molecular weight is 413 g/mol. The summed E-state index contributed by atoms with van der Waals surface area (Å²) >= 11 is 7.45. The van der Waals surface area contributed by atoms with Gasteiger partial charge in [0.2, 0.25) is 0 Å². The minimum atomic E-state index is -0.222. The van der Waals surface area contributed by atoms with Crippen molar-refractivity contribution in [3.05, 3.63) is 75.5 Å². The van der Waals surface area contributed by atoms with Crippen LogP contribution in [0.1, 0.15) is 5.56 Å². The number of H-pyrrole nitrogens is 1. The van der Waals surface area contributed by atoms with Gasteiger partial charge in [0.25, 0.3) is 5.56 Å². The lowest BCUT2D eigenvalue weighted by atomic mass is 10.2. The number of halogens is 1. The molecule has 0 aliphatic heterocycles. The van der Waals surface area contributed by atoms with Crippen LogP contribution in [0.3, 0.4) is 0 Å². The molecular weight excluding hydrogens is 396 g/mol. The molecule has 4 rings (SSSR count). The Hall–Kier alpha value is -2.77. The zero-order valence-electron chi connectivity index (χ0n) is 15.1. The molecule has 6 nitrogen and oxygen atoms in total.